The number of cyclic esters (lactones) is 1. The minimum absolute atomic E-state index is 0.0369. The van der Waals surface area contributed by atoms with E-state index in [4.69, 9.17) is 9.47 Å². The van der Waals surface area contributed by atoms with Gasteiger partial charge in [0.05, 0.1) is 18.4 Å². The maximum atomic E-state index is 12.1. The SMILES string of the molecule is O=C1N[C@H](Cc2ccc(NC(=O)Oc3cnc(-c4ccccc4)nc3)cc2)CO1. The van der Waals surface area contributed by atoms with Crippen molar-refractivity contribution in [3.63, 3.8) is 0 Å². The number of nitrogens with zero attached hydrogens (tertiary/aromatic N) is 2. The van der Waals surface area contributed by atoms with Crippen LogP contribution in [0, 0.1) is 0 Å². The van der Waals surface area contributed by atoms with Crippen molar-refractivity contribution in [1.82, 2.24) is 15.3 Å². The van der Waals surface area contributed by atoms with E-state index in [-0.39, 0.29) is 11.8 Å². The number of carbonyl (C=O) groups is 2. The summed E-state index contributed by atoms with van der Waals surface area (Å²) in [5, 5.41) is 5.38. The van der Waals surface area contributed by atoms with Gasteiger partial charge in [0, 0.05) is 11.3 Å². The van der Waals surface area contributed by atoms with Gasteiger partial charge >= 0.3 is 12.2 Å². The summed E-state index contributed by atoms with van der Waals surface area (Å²) in [5.74, 6) is 0.800. The van der Waals surface area contributed by atoms with Crippen LogP contribution in [0.4, 0.5) is 15.3 Å². The molecule has 1 fully saturated rings. The van der Waals surface area contributed by atoms with Crippen LogP contribution >= 0.6 is 0 Å². The van der Waals surface area contributed by atoms with Crippen LogP contribution in [0.15, 0.2) is 67.0 Å². The van der Waals surface area contributed by atoms with Crippen molar-refractivity contribution < 1.29 is 19.1 Å². The zero-order valence-corrected chi connectivity index (χ0v) is 15.4. The van der Waals surface area contributed by atoms with E-state index in [1.807, 2.05) is 42.5 Å². The molecule has 146 valence electrons. The summed E-state index contributed by atoms with van der Waals surface area (Å²) in [7, 11) is 0. The van der Waals surface area contributed by atoms with E-state index < -0.39 is 12.2 Å². The Balaban J connectivity index is 1.30. The Hall–Kier alpha value is -3.94. The number of anilines is 1. The second kappa shape index (κ2) is 8.39. The number of nitrogens with one attached hydrogen (secondary N) is 2. The number of carbonyl (C=O) groups excluding carboxylic acids is 2. The molecule has 2 heterocycles. The predicted octanol–water partition coefficient (Wildman–Crippen LogP) is 3.41. The van der Waals surface area contributed by atoms with Crippen LogP contribution in [0.25, 0.3) is 11.4 Å². The number of hydrogen-bond donors (Lipinski definition) is 2. The van der Waals surface area contributed by atoms with Crippen molar-refractivity contribution >= 4 is 17.9 Å². The topological polar surface area (TPSA) is 102 Å². The van der Waals surface area contributed by atoms with E-state index in [2.05, 4.69) is 20.6 Å². The first-order valence-corrected chi connectivity index (χ1v) is 9.04. The van der Waals surface area contributed by atoms with Crippen LogP contribution in [-0.2, 0) is 11.2 Å². The Morgan fingerprint density at radius 1 is 1.10 bits per heavy atom. The molecule has 3 aromatic rings. The Morgan fingerprint density at radius 3 is 2.48 bits per heavy atom. The molecule has 0 saturated carbocycles. The lowest BCUT2D eigenvalue weighted by molar-refractivity contribution is 0.176. The number of benzene rings is 2. The average Bonchev–Trinajstić information content (AvgIpc) is 3.15. The highest BCUT2D eigenvalue weighted by atomic mass is 16.6. The summed E-state index contributed by atoms with van der Waals surface area (Å²) in [6, 6.07) is 16.8. The van der Waals surface area contributed by atoms with E-state index >= 15 is 0 Å². The maximum absolute atomic E-state index is 12.1. The third-order valence-electron chi connectivity index (χ3n) is 4.29. The fourth-order valence-corrected chi connectivity index (χ4v) is 2.90. The first-order chi connectivity index (χ1) is 14.2. The van der Waals surface area contributed by atoms with Gasteiger partial charge in [0.2, 0.25) is 0 Å². The minimum atomic E-state index is -0.634. The number of alkyl carbamates (subject to hydrolysis) is 1. The number of amides is 2. The summed E-state index contributed by atoms with van der Waals surface area (Å²) in [4.78, 5) is 31.6. The summed E-state index contributed by atoms with van der Waals surface area (Å²) >= 11 is 0. The highest BCUT2D eigenvalue weighted by Gasteiger charge is 2.22. The van der Waals surface area contributed by atoms with Crippen LogP contribution in [0.3, 0.4) is 0 Å². The Bertz CT molecular complexity index is 991. The number of rotatable bonds is 5. The standard InChI is InChI=1S/C21H18N4O4/c26-20-25-17(13-28-20)10-14-6-8-16(9-7-14)24-21(27)29-18-11-22-19(23-12-18)15-4-2-1-3-5-15/h1-9,11-12,17H,10,13H2,(H,24,27)(H,25,26)/t17-/m1/s1. The Labute approximate surface area is 166 Å². The fraction of sp³-hybridized carbons (Fsp3) is 0.143. The predicted molar refractivity (Wildman–Crippen MR) is 106 cm³/mol. The second-order valence-electron chi connectivity index (χ2n) is 6.46. The molecule has 1 saturated heterocycles. The average molecular weight is 390 g/mol. The molecule has 29 heavy (non-hydrogen) atoms. The summed E-state index contributed by atoms with van der Waals surface area (Å²) < 4.78 is 10.1. The molecule has 0 radical (unpaired) electrons. The lowest BCUT2D eigenvalue weighted by Gasteiger charge is -2.09. The van der Waals surface area contributed by atoms with Crippen molar-refractivity contribution in [3.8, 4) is 17.1 Å². The monoisotopic (exact) mass is 390 g/mol. The Morgan fingerprint density at radius 2 is 1.83 bits per heavy atom. The van der Waals surface area contributed by atoms with E-state index in [0.29, 0.717) is 24.5 Å². The van der Waals surface area contributed by atoms with Gasteiger partial charge in [-0.2, -0.15) is 0 Å². The maximum Gasteiger partial charge on any atom is 0.417 e. The van der Waals surface area contributed by atoms with Gasteiger partial charge < -0.3 is 14.8 Å². The van der Waals surface area contributed by atoms with Gasteiger partial charge in [-0.15, -0.1) is 0 Å². The molecule has 0 aliphatic carbocycles. The molecule has 0 unspecified atom stereocenters. The minimum Gasteiger partial charge on any atom is -0.447 e. The molecule has 8 heteroatoms. The first-order valence-electron chi connectivity index (χ1n) is 9.04. The van der Waals surface area contributed by atoms with E-state index in [9.17, 15) is 9.59 Å². The smallest absolute Gasteiger partial charge is 0.417 e. The third-order valence-corrected chi connectivity index (χ3v) is 4.29. The molecule has 1 aromatic heterocycles. The van der Waals surface area contributed by atoms with Crippen molar-refractivity contribution in [2.45, 2.75) is 12.5 Å². The molecule has 1 aliphatic heterocycles. The number of ether oxygens (including phenoxy) is 2. The van der Waals surface area contributed by atoms with Crippen molar-refractivity contribution in [3.05, 3.63) is 72.6 Å². The zero-order valence-electron chi connectivity index (χ0n) is 15.4. The van der Waals surface area contributed by atoms with Gasteiger partial charge in [-0.05, 0) is 24.1 Å². The number of aromatic nitrogens is 2. The third kappa shape index (κ3) is 4.86. The quantitative estimate of drug-likeness (QED) is 0.692. The summed E-state index contributed by atoms with van der Waals surface area (Å²) in [5.41, 5.74) is 2.49. The molecule has 2 aromatic carbocycles. The molecule has 2 amide bonds. The molecule has 4 rings (SSSR count). The second-order valence-corrected chi connectivity index (χ2v) is 6.46. The van der Waals surface area contributed by atoms with Gasteiger partial charge in [0.1, 0.15) is 6.61 Å². The van der Waals surface area contributed by atoms with Crippen LogP contribution in [0.1, 0.15) is 5.56 Å². The van der Waals surface area contributed by atoms with Crippen LogP contribution in [0.5, 0.6) is 5.75 Å². The fourth-order valence-electron chi connectivity index (χ4n) is 2.90. The summed E-state index contributed by atoms with van der Waals surface area (Å²) in [6.45, 7) is 0.357. The molecular formula is C21H18N4O4. The van der Waals surface area contributed by atoms with Crippen LogP contribution in [0.2, 0.25) is 0 Å². The lowest BCUT2D eigenvalue weighted by Crippen LogP contribution is -2.28. The van der Waals surface area contributed by atoms with Gasteiger partial charge in [-0.25, -0.2) is 19.6 Å². The van der Waals surface area contributed by atoms with Crippen LogP contribution in [-0.4, -0.2) is 34.8 Å². The van der Waals surface area contributed by atoms with Gasteiger partial charge in [0.15, 0.2) is 11.6 Å². The molecule has 1 aliphatic rings. The first kappa shape index (κ1) is 18.4. The van der Waals surface area contributed by atoms with Gasteiger partial charge in [-0.3, -0.25) is 5.32 Å². The van der Waals surface area contributed by atoms with Crippen LogP contribution < -0.4 is 15.4 Å². The largest absolute Gasteiger partial charge is 0.447 e. The van der Waals surface area contributed by atoms with Crippen molar-refractivity contribution in [2.24, 2.45) is 0 Å². The van der Waals surface area contributed by atoms with Crippen molar-refractivity contribution in [1.29, 1.82) is 0 Å². The van der Waals surface area contributed by atoms with Gasteiger partial charge in [-0.1, -0.05) is 42.5 Å². The molecule has 8 nitrogen and oxygen atoms in total. The highest BCUT2D eigenvalue weighted by Crippen LogP contribution is 2.17. The Kier molecular flexibility index (Phi) is 5.33. The zero-order chi connectivity index (χ0) is 20.1. The molecule has 0 spiro atoms. The van der Waals surface area contributed by atoms with Crippen molar-refractivity contribution in [2.75, 3.05) is 11.9 Å². The molecular weight excluding hydrogens is 372 g/mol. The number of hydrogen-bond acceptors (Lipinski definition) is 6. The van der Waals surface area contributed by atoms with E-state index in [0.717, 1.165) is 11.1 Å². The molecule has 1 atom stereocenters. The lowest BCUT2D eigenvalue weighted by atomic mass is 10.1. The van der Waals surface area contributed by atoms with E-state index in [1.165, 1.54) is 12.4 Å². The van der Waals surface area contributed by atoms with E-state index in [1.54, 1.807) is 12.1 Å². The normalized spacial score (nSPS) is 15.3. The van der Waals surface area contributed by atoms with Gasteiger partial charge in [0.25, 0.3) is 0 Å². The molecule has 0 bridgehead atoms. The highest BCUT2D eigenvalue weighted by molar-refractivity contribution is 5.86. The summed E-state index contributed by atoms with van der Waals surface area (Å²) in [6.07, 6.45) is 2.54. The molecule has 2 N–H and O–H groups in total.